The zero-order valence-electron chi connectivity index (χ0n) is 15.0. The van der Waals surface area contributed by atoms with Gasteiger partial charge in [0.25, 0.3) is 5.91 Å². The lowest BCUT2D eigenvalue weighted by atomic mass is 10.2. The monoisotopic (exact) mass is 369 g/mol. The van der Waals surface area contributed by atoms with Crippen molar-refractivity contribution in [1.82, 2.24) is 14.9 Å². The Kier molecular flexibility index (Phi) is 8.57. The van der Waals surface area contributed by atoms with Crippen molar-refractivity contribution in [1.29, 1.82) is 0 Å². The molecule has 0 unspecified atom stereocenters. The van der Waals surface area contributed by atoms with Crippen molar-refractivity contribution in [3.63, 3.8) is 0 Å². The van der Waals surface area contributed by atoms with Gasteiger partial charge in [-0.05, 0) is 30.7 Å². The first-order chi connectivity index (χ1) is 11.9. The zero-order chi connectivity index (χ0) is 18.9. The number of nitrogens with one attached hydrogen (secondary N) is 2. The number of sulfonamides is 1. The number of hydrogen-bond donors (Lipinski definition) is 2. The minimum absolute atomic E-state index is 0.109. The molecule has 1 rings (SSSR count). The van der Waals surface area contributed by atoms with Crippen LogP contribution in [0.3, 0.4) is 0 Å². The SMILES string of the molecule is CCCCNC(=O)CNC(=O)c1ccc(S(=O)(=O)N(CC)CC)cc1. The summed E-state index contributed by atoms with van der Waals surface area (Å²) in [6.45, 7) is 6.81. The van der Waals surface area contributed by atoms with Crippen LogP contribution in [0.4, 0.5) is 0 Å². The molecule has 0 spiro atoms. The fraction of sp³-hybridized carbons (Fsp3) is 0.529. The second-order valence-corrected chi connectivity index (χ2v) is 7.44. The molecule has 0 aromatic heterocycles. The van der Waals surface area contributed by atoms with Gasteiger partial charge < -0.3 is 10.6 Å². The Morgan fingerprint density at radius 2 is 1.60 bits per heavy atom. The Morgan fingerprint density at radius 3 is 2.12 bits per heavy atom. The van der Waals surface area contributed by atoms with Crippen molar-refractivity contribution in [2.24, 2.45) is 0 Å². The second-order valence-electron chi connectivity index (χ2n) is 5.50. The first-order valence-corrected chi connectivity index (χ1v) is 9.95. The van der Waals surface area contributed by atoms with E-state index in [0.717, 1.165) is 12.8 Å². The molecule has 140 valence electrons. The standard InChI is InChI=1S/C17H27N3O4S/c1-4-7-12-18-16(21)13-19-17(22)14-8-10-15(11-9-14)25(23,24)20(5-2)6-3/h8-11H,4-7,12-13H2,1-3H3,(H,18,21)(H,19,22). The van der Waals surface area contributed by atoms with Gasteiger partial charge in [0, 0.05) is 25.2 Å². The second kappa shape index (κ2) is 10.1. The summed E-state index contributed by atoms with van der Waals surface area (Å²) < 4.78 is 26.1. The van der Waals surface area contributed by atoms with Crippen LogP contribution in [0.5, 0.6) is 0 Å². The molecule has 0 aliphatic heterocycles. The molecule has 0 aliphatic rings. The maximum absolute atomic E-state index is 12.4. The van der Waals surface area contributed by atoms with Gasteiger partial charge >= 0.3 is 0 Å². The molecule has 7 nitrogen and oxygen atoms in total. The van der Waals surface area contributed by atoms with Gasteiger partial charge in [0.1, 0.15) is 0 Å². The molecule has 1 aromatic carbocycles. The first kappa shape index (κ1) is 21.1. The van der Waals surface area contributed by atoms with Crippen LogP contribution < -0.4 is 10.6 Å². The van der Waals surface area contributed by atoms with Crippen molar-refractivity contribution in [2.45, 2.75) is 38.5 Å². The summed E-state index contributed by atoms with van der Waals surface area (Å²) in [6, 6.07) is 5.70. The van der Waals surface area contributed by atoms with E-state index in [4.69, 9.17) is 0 Å². The van der Waals surface area contributed by atoms with Crippen LogP contribution in [-0.2, 0) is 14.8 Å². The Morgan fingerprint density at radius 1 is 1.00 bits per heavy atom. The van der Waals surface area contributed by atoms with Gasteiger partial charge in [-0.15, -0.1) is 0 Å². The fourth-order valence-corrected chi connectivity index (χ4v) is 3.68. The van der Waals surface area contributed by atoms with Gasteiger partial charge in [0.15, 0.2) is 0 Å². The van der Waals surface area contributed by atoms with Gasteiger partial charge in [0.2, 0.25) is 15.9 Å². The number of benzene rings is 1. The van der Waals surface area contributed by atoms with Crippen molar-refractivity contribution >= 4 is 21.8 Å². The van der Waals surface area contributed by atoms with Crippen molar-refractivity contribution < 1.29 is 18.0 Å². The zero-order valence-corrected chi connectivity index (χ0v) is 15.9. The molecule has 2 N–H and O–H groups in total. The highest BCUT2D eigenvalue weighted by Gasteiger charge is 2.21. The van der Waals surface area contributed by atoms with Gasteiger partial charge in [-0.2, -0.15) is 4.31 Å². The van der Waals surface area contributed by atoms with Gasteiger partial charge in [-0.25, -0.2) is 8.42 Å². The lowest BCUT2D eigenvalue weighted by Crippen LogP contribution is -2.37. The smallest absolute Gasteiger partial charge is 0.251 e. The van der Waals surface area contributed by atoms with E-state index >= 15 is 0 Å². The van der Waals surface area contributed by atoms with Gasteiger partial charge in [0.05, 0.1) is 11.4 Å². The summed E-state index contributed by atoms with van der Waals surface area (Å²) in [7, 11) is -3.54. The Bertz CT molecular complexity index is 668. The third kappa shape index (κ3) is 6.13. The molecule has 8 heteroatoms. The van der Waals surface area contributed by atoms with E-state index in [-0.39, 0.29) is 17.3 Å². The third-order valence-corrected chi connectivity index (χ3v) is 5.79. The topological polar surface area (TPSA) is 95.6 Å². The Hall–Kier alpha value is -1.93. The molecule has 0 radical (unpaired) electrons. The molecular weight excluding hydrogens is 342 g/mol. The van der Waals surface area contributed by atoms with E-state index in [1.165, 1.54) is 28.6 Å². The summed E-state index contributed by atoms with van der Waals surface area (Å²) in [4.78, 5) is 23.7. The third-order valence-electron chi connectivity index (χ3n) is 3.72. The number of rotatable bonds is 10. The van der Waals surface area contributed by atoms with E-state index in [1.54, 1.807) is 13.8 Å². The molecule has 1 aromatic rings. The highest BCUT2D eigenvalue weighted by Crippen LogP contribution is 2.16. The number of amides is 2. The fourth-order valence-electron chi connectivity index (χ4n) is 2.22. The van der Waals surface area contributed by atoms with Gasteiger partial charge in [-0.3, -0.25) is 9.59 Å². The Balaban J connectivity index is 2.67. The van der Waals surface area contributed by atoms with Crippen molar-refractivity contribution in [2.75, 3.05) is 26.2 Å². The van der Waals surface area contributed by atoms with Crippen LogP contribution in [0.1, 0.15) is 44.0 Å². The number of hydrogen-bond acceptors (Lipinski definition) is 4. The molecule has 0 saturated carbocycles. The molecule has 0 aliphatic carbocycles. The minimum atomic E-state index is -3.54. The summed E-state index contributed by atoms with van der Waals surface area (Å²) in [5, 5.41) is 5.22. The predicted molar refractivity (Wildman–Crippen MR) is 96.8 cm³/mol. The highest BCUT2D eigenvalue weighted by molar-refractivity contribution is 7.89. The van der Waals surface area contributed by atoms with E-state index in [0.29, 0.717) is 25.2 Å². The largest absolute Gasteiger partial charge is 0.355 e. The highest BCUT2D eigenvalue weighted by atomic mass is 32.2. The number of unbranched alkanes of at least 4 members (excludes halogenated alkanes) is 1. The number of carbonyl (C=O) groups is 2. The lowest BCUT2D eigenvalue weighted by molar-refractivity contribution is -0.120. The first-order valence-electron chi connectivity index (χ1n) is 8.51. The molecule has 0 saturated heterocycles. The Labute approximate surface area is 149 Å². The predicted octanol–water partition coefficient (Wildman–Crippen LogP) is 1.36. The average Bonchev–Trinajstić information content (AvgIpc) is 2.61. The van der Waals surface area contributed by atoms with Crippen molar-refractivity contribution in [3.05, 3.63) is 29.8 Å². The summed E-state index contributed by atoms with van der Waals surface area (Å²) in [5.74, 6) is -0.667. The van der Waals surface area contributed by atoms with Crippen LogP contribution >= 0.6 is 0 Å². The summed E-state index contributed by atoms with van der Waals surface area (Å²) >= 11 is 0. The summed E-state index contributed by atoms with van der Waals surface area (Å²) in [5.41, 5.74) is 0.305. The van der Waals surface area contributed by atoms with E-state index < -0.39 is 15.9 Å². The van der Waals surface area contributed by atoms with Crippen LogP contribution in [0.25, 0.3) is 0 Å². The molecule has 25 heavy (non-hydrogen) atoms. The molecule has 0 atom stereocenters. The average molecular weight is 369 g/mol. The van der Waals surface area contributed by atoms with E-state index in [2.05, 4.69) is 10.6 Å². The molecular formula is C17H27N3O4S. The number of nitrogens with zero attached hydrogens (tertiary/aromatic N) is 1. The lowest BCUT2D eigenvalue weighted by Gasteiger charge is -2.18. The number of carbonyl (C=O) groups excluding carboxylic acids is 2. The van der Waals surface area contributed by atoms with Crippen LogP contribution in [0, 0.1) is 0 Å². The van der Waals surface area contributed by atoms with E-state index in [9.17, 15) is 18.0 Å². The summed E-state index contributed by atoms with van der Waals surface area (Å²) in [6.07, 6.45) is 1.87. The van der Waals surface area contributed by atoms with Gasteiger partial charge in [-0.1, -0.05) is 27.2 Å². The van der Waals surface area contributed by atoms with Crippen molar-refractivity contribution in [3.8, 4) is 0 Å². The van der Waals surface area contributed by atoms with Crippen LogP contribution in [-0.4, -0.2) is 50.7 Å². The molecule has 2 amide bonds. The minimum Gasteiger partial charge on any atom is -0.355 e. The maximum Gasteiger partial charge on any atom is 0.251 e. The molecule has 0 bridgehead atoms. The normalized spacial score (nSPS) is 11.4. The maximum atomic E-state index is 12.4. The molecule has 0 fully saturated rings. The van der Waals surface area contributed by atoms with Crippen LogP contribution in [0.2, 0.25) is 0 Å². The molecule has 0 heterocycles. The van der Waals surface area contributed by atoms with Crippen LogP contribution in [0.15, 0.2) is 29.2 Å². The quantitative estimate of drug-likeness (QED) is 0.609. The van der Waals surface area contributed by atoms with E-state index in [1.807, 2.05) is 6.92 Å².